The Kier molecular flexibility index (Phi) is 7.28. The number of likely N-dealkylation sites (N-methyl/N-ethyl adjacent to an activating group) is 1. The van der Waals surface area contributed by atoms with Crippen LogP contribution >= 0.6 is 0 Å². The number of hydrogen-bond acceptors (Lipinski definition) is 4. The first-order chi connectivity index (χ1) is 11.1. The molecule has 0 aliphatic rings. The van der Waals surface area contributed by atoms with E-state index in [0.717, 1.165) is 16.5 Å². The first-order valence-electron chi connectivity index (χ1n) is 7.89. The topological polar surface area (TPSA) is 76.1 Å². The zero-order valence-electron chi connectivity index (χ0n) is 15.0. The minimum atomic E-state index is -1.30. The van der Waals surface area contributed by atoms with E-state index in [2.05, 4.69) is 19.6 Å². The number of amides is 1. The average molecular weight is 353 g/mol. The van der Waals surface area contributed by atoms with Gasteiger partial charge in [0.25, 0.3) is 0 Å². The van der Waals surface area contributed by atoms with Gasteiger partial charge in [-0.3, -0.25) is 4.90 Å². The van der Waals surface area contributed by atoms with Gasteiger partial charge in [-0.15, -0.1) is 0 Å². The van der Waals surface area contributed by atoms with Gasteiger partial charge in [0.05, 0.1) is 13.7 Å². The molecule has 24 heavy (non-hydrogen) atoms. The van der Waals surface area contributed by atoms with E-state index in [1.807, 2.05) is 0 Å². The van der Waals surface area contributed by atoms with Gasteiger partial charge in [-0.1, -0.05) is 31.8 Å². The molecule has 1 rings (SSSR count). The Balaban J connectivity index is 2.68. The molecule has 0 spiro atoms. The zero-order chi connectivity index (χ0) is 18.3. The van der Waals surface area contributed by atoms with Gasteiger partial charge in [-0.05, 0) is 23.7 Å². The van der Waals surface area contributed by atoms with Crippen molar-refractivity contribution in [1.82, 2.24) is 4.90 Å². The third kappa shape index (κ3) is 6.62. The van der Waals surface area contributed by atoms with Crippen molar-refractivity contribution in [1.29, 1.82) is 0 Å². The second-order valence-corrected chi connectivity index (χ2v) is 12.6. The number of aliphatic carboxylic acids is 1. The molecule has 1 aromatic carbocycles. The summed E-state index contributed by atoms with van der Waals surface area (Å²) in [6, 6.07) is 6.99. The van der Waals surface area contributed by atoms with Gasteiger partial charge < -0.3 is 14.6 Å². The fraction of sp³-hybridized carbons (Fsp3) is 0.529. The molecular weight excluding hydrogens is 326 g/mol. The number of ether oxygens (including phenoxy) is 2. The van der Waals surface area contributed by atoms with Crippen LogP contribution in [-0.2, 0) is 16.0 Å². The molecule has 0 saturated heterocycles. The first kappa shape index (κ1) is 20.0. The second kappa shape index (κ2) is 8.72. The van der Waals surface area contributed by atoms with E-state index in [0.29, 0.717) is 12.4 Å². The van der Waals surface area contributed by atoms with Crippen LogP contribution in [-0.4, -0.2) is 56.9 Å². The minimum Gasteiger partial charge on any atom is -0.497 e. The summed E-state index contributed by atoms with van der Waals surface area (Å²) >= 11 is 0. The molecule has 134 valence electrons. The molecule has 0 aliphatic heterocycles. The van der Waals surface area contributed by atoms with Crippen molar-refractivity contribution >= 4 is 20.1 Å². The van der Waals surface area contributed by atoms with Crippen molar-refractivity contribution < 1.29 is 24.2 Å². The molecule has 0 aromatic heterocycles. The van der Waals surface area contributed by atoms with Crippen LogP contribution in [0.25, 0.3) is 0 Å². The van der Waals surface area contributed by atoms with Gasteiger partial charge in [0.1, 0.15) is 11.8 Å². The standard InChI is InChI=1S/C17H27NO5Si/c1-18(17(21)23-10-11-24(3,4)5)15(16(19)20)12-13-6-8-14(22-2)9-7-13/h6-9,15H,10-12H2,1-5H3,(H,19,20)/t15-/m0/s1. The van der Waals surface area contributed by atoms with Gasteiger partial charge in [-0.2, -0.15) is 0 Å². The maximum Gasteiger partial charge on any atom is 0.410 e. The van der Waals surface area contributed by atoms with Gasteiger partial charge in [0, 0.05) is 21.5 Å². The Labute approximate surface area is 144 Å². The summed E-state index contributed by atoms with van der Waals surface area (Å²) in [5.74, 6) is -0.361. The minimum absolute atomic E-state index is 0.207. The summed E-state index contributed by atoms with van der Waals surface area (Å²) < 4.78 is 10.3. The lowest BCUT2D eigenvalue weighted by Crippen LogP contribution is -2.44. The number of nitrogens with zero attached hydrogens (tertiary/aromatic N) is 1. The third-order valence-electron chi connectivity index (χ3n) is 3.71. The number of hydrogen-bond donors (Lipinski definition) is 1. The molecule has 7 heteroatoms. The molecule has 0 unspecified atom stereocenters. The molecule has 1 aromatic rings. The lowest BCUT2D eigenvalue weighted by atomic mass is 10.1. The molecule has 0 aliphatic carbocycles. The summed E-state index contributed by atoms with van der Waals surface area (Å²) in [5.41, 5.74) is 0.810. The van der Waals surface area contributed by atoms with E-state index in [1.54, 1.807) is 31.4 Å². The van der Waals surface area contributed by atoms with Gasteiger partial charge in [0.15, 0.2) is 0 Å². The molecule has 1 amide bonds. The molecule has 6 nitrogen and oxygen atoms in total. The smallest absolute Gasteiger partial charge is 0.410 e. The van der Waals surface area contributed by atoms with Gasteiger partial charge >= 0.3 is 12.1 Å². The molecule has 0 heterocycles. The van der Waals surface area contributed by atoms with E-state index in [4.69, 9.17) is 9.47 Å². The van der Waals surface area contributed by atoms with Crippen LogP contribution in [0, 0.1) is 0 Å². The number of carbonyl (C=O) groups excluding carboxylic acids is 1. The average Bonchev–Trinajstić information content (AvgIpc) is 2.50. The Morgan fingerprint density at radius 1 is 1.21 bits per heavy atom. The van der Waals surface area contributed by atoms with Gasteiger partial charge in [0.2, 0.25) is 0 Å². The van der Waals surface area contributed by atoms with Crippen LogP contribution in [0.2, 0.25) is 25.7 Å². The third-order valence-corrected chi connectivity index (χ3v) is 5.41. The summed E-state index contributed by atoms with van der Waals surface area (Å²) in [7, 11) is 1.72. The summed E-state index contributed by atoms with van der Waals surface area (Å²) in [6.07, 6.45) is -0.395. The normalized spacial score (nSPS) is 12.4. The summed E-state index contributed by atoms with van der Waals surface area (Å²) in [5, 5.41) is 9.44. The van der Waals surface area contributed by atoms with Crippen LogP contribution in [0.4, 0.5) is 4.79 Å². The van der Waals surface area contributed by atoms with Crippen molar-refractivity contribution in [3.63, 3.8) is 0 Å². The highest BCUT2D eigenvalue weighted by molar-refractivity contribution is 6.76. The second-order valence-electron chi connectivity index (χ2n) is 6.94. The Hall–Kier alpha value is -2.02. The SMILES string of the molecule is COc1ccc(C[C@@H](C(=O)O)N(C)C(=O)OCC[Si](C)(C)C)cc1. The van der Waals surface area contributed by atoms with Gasteiger partial charge in [-0.25, -0.2) is 9.59 Å². The highest BCUT2D eigenvalue weighted by Crippen LogP contribution is 2.15. The number of carboxylic acid groups (broad SMARTS) is 1. The molecule has 0 bridgehead atoms. The van der Waals surface area contributed by atoms with E-state index in [9.17, 15) is 14.7 Å². The van der Waals surface area contributed by atoms with Crippen molar-refractivity contribution in [3.8, 4) is 5.75 Å². The Morgan fingerprint density at radius 3 is 2.25 bits per heavy atom. The summed E-state index contributed by atoms with van der Waals surface area (Å²) in [6.45, 7) is 6.89. The number of methoxy groups -OCH3 is 1. The van der Waals surface area contributed by atoms with Crippen LogP contribution in [0.15, 0.2) is 24.3 Å². The van der Waals surface area contributed by atoms with Crippen molar-refractivity contribution in [2.75, 3.05) is 20.8 Å². The maximum absolute atomic E-state index is 12.1. The number of carbonyl (C=O) groups is 2. The lowest BCUT2D eigenvalue weighted by Gasteiger charge is -2.25. The maximum atomic E-state index is 12.1. The van der Waals surface area contributed by atoms with E-state index < -0.39 is 26.2 Å². The van der Waals surface area contributed by atoms with E-state index in [-0.39, 0.29) is 6.42 Å². The summed E-state index contributed by atoms with van der Waals surface area (Å²) in [4.78, 5) is 24.8. The monoisotopic (exact) mass is 353 g/mol. The van der Waals surface area contributed by atoms with Crippen LogP contribution < -0.4 is 4.74 Å². The molecule has 1 N–H and O–H groups in total. The molecule has 0 radical (unpaired) electrons. The Morgan fingerprint density at radius 2 is 1.79 bits per heavy atom. The van der Waals surface area contributed by atoms with E-state index in [1.165, 1.54) is 7.05 Å². The van der Waals surface area contributed by atoms with Crippen LogP contribution in [0.5, 0.6) is 5.75 Å². The number of carboxylic acids is 1. The van der Waals surface area contributed by atoms with E-state index >= 15 is 0 Å². The van der Waals surface area contributed by atoms with Crippen molar-refractivity contribution in [3.05, 3.63) is 29.8 Å². The van der Waals surface area contributed by atoms with Crippen LogP contribution in [0.1, 0.15) is 5.56 Å². The van der Waals surface area contributed by atoms with Crippen LogP contribution in [0.3, 0.4) is 0 Å². The fourth-order valence-electron chi connectivity index (χ4n) is 2.05. The first-order valence-corrected chi connectivity index (χ1v) is 11.6. The molecule has 0 saturated carbocycles. The Bertz CT molecular complexity index is 553. The van der Waals surface area contributed by atoms with Crippen molar-refractivity contribution in [2.45, 2.75) is 38.1 Å². The highest BCUT2D eigenvalue weighted by Gasteiger charge is 2.28. The quantitative estimate of drug-likeness (QED) is 0.727. The predicted molar refractivity (Wildman–Crippen MR) is 95.4 cm³/mol. The molecular formula is C17H27NO5Si. The fourth-order valence-corrected chi connectivity index (χ4v) is 2.76. The molecule has 0 fully saturated rings. The lowest BCUT2D eigenvalue weighted by molar-refractivity contribution is -0.142. The molecule has 1 atom stereocenters. The van der Waals surface area contributed by atoms with Crippen molar-refractivity contribution in [2.24, 2.45) is 0 Å². The number of rotatable bonds is 8. The number of benzene rings is 1. The predicted octanol–water partition coefficient (Wildman–Crippen LogP) is 3.10. The largest absolute Gasteiger partial charge is 0.497 e. The highest BCUT2D eigenvalue weighted by atomic mass is 28.3. The zero-order valence-corrected chi connectivity index (χ0v) is 16.0.